The standard InChI is InChI=1S/C8H12.2CO.Co.HI/c1-5-6(2)8(4)7(5)3;2*1-2;;/h1-4H3;;;;1H/p-1. The van der Waals surface area contributed by atoms with Crippen molar-refractivity contribution in [3.8, 4) is 0 Å². The number of allylic oxidation sites excluding steroid dienone is 4. The molecule has 0 aromatic rings. The van der Waals surface area contributed by atoms with Gasteiger partial charge in [0.1, 0.15) is 0 Å². The summed E-state index contributed by atoms with van der Waals surface area (Å²) in [6.07, 6.45) is 0. The molecule has 0 saturated heterocycles. The first kappa shape index (κ1) is 23.8. The first-order chi connectivity index (χ1) is 5.64. The van der Waals surface area contributed by atoms with Gasteiger partial charge in [-0.2, -0.15) is 0 Å². The molecule has 0 spiro atoms. The van der Waals surface area contributed by atoms with Gasteiger partial charge in [-0.05, 0) is 50.0 Å². The average Bonchev–Trinajstić information content (AvgIpc) is 2.20. The fourth-order valence-electron chi connectivity index (χ4n) is 1.06. The van der Waals surface area contributed by atoms with Crippen LogP contribution in [0.4, 0.5) is 0 Å². The van der Waals surface area contributed by atoms with Gasteiger partial charge in [-0.1, -0.05) is 0 Å². The molecule has 0 bridgehead atoms. The summed E-state index contributed by atoms with van der Waals surface area (Å²) in [6.45, 7) is 17.7. The van der Waals surface area contributed by atoms with E-state index in [1.165, 1.54) is 22.3 Å². The molecule has 0 fully saturated rings. The molecular weight excluding hydrogens is 338 g/mol. The molecule has 4 heteroatoms. The van der Waals surface area contributed by atoms with E-state index in [-0.39, 0.29) is 40.8 Å². The second kappa shape index (κ2) is 13.2. The first-order valence-corrected chi connectivity index (χ1v) is 3.41. The molecule has 0 aromatic heterocycles. The Labute approximate surface area is 113 Å². The van der Waals surface area contributed by atoms with Crippen molar-refractivity contribution in [1.82, 2.24) is 0 Å². The number of hydrogen-bond donors (Lipinski definition) is 0. The van der Waals surface area contributed by atoms with Gasteiger partial charge >= 0.3 is 22.6 Å². The molecule has 0 unspecified atom stereocenters. The Hall–Kier alpha value is 0.196. The van der Waals surface area contributed by atoms with Crippen molar-refractivity contribution in [2.45, 2.75) is 27.7 Å². The fourth-order valence-corrected chi connectivity index (χ4v) is 1.06. The zero-order valence-electron chi connectivity index (χ0n) is 8.53. The van der Waals surface area contributed by atoms with E-state index in [2.05, 4.69) is 41.0 Å². The van der Waals surface area contributed by atoms with Crippen molar-refractivity contribution in [1.29, 1.82) is 0 Å². The largest absolute Gasteiger partial charge is 1.00 e. The summed E-state index contributed by atoms with van der Waals surface area (Å²) in [4.78, 5) is 0. The molecule has 1 aliphatic rings. The van der Waals surface area contributed by atoms with E-state index >= 15 is 0 Å². The van der Waals surface area contributed by atoms with Gasteiger partial charge in [0.05, 0.1) is 0 Å². The summed E-state index contributed by atoms with van der Waals surface area (Å²) < 4.78 is 15.0. The molecule has 81 valence electrons. The minimum absolute atomic E-state index is 0. The molecule has 0 amide bonds. The molecule has 0 aliphatic heterocycles. The van der Waals surface area contributed by atoms with Crippen LogP contribution in [0.15, 0.2) is 22.3 Å². The van der Waals surface area contributed by atoms with Crippen molar-refractivity contribution in [2.75, 3.05) is 0 Å². The molecular formula is C10H12CoIO2-. The normalized spacial score (nSPS) is 11.4. The van der Waals surface area contributed by atoms with Crippen LogP contribution in [0.1, 0.15) is 27.7 Å². The third kappa shape index (κ3) is 5.83. The van der Waals surface area contributed by atoms with Crippen LogP contribution >= 0.6 is 0 Å². The summed E-state index contributed by atoms with van der Waals surface area (Å²) in [7, 11) is 0. The van der Waals surface area contributed by atoms with E-state index < -0.39 is 0 Å². The van der Waals surface area contributed by atoms with Crippen LogP contribution in [-0.4, -0.2) is 0 Å². The molecule has 2 nitrogen and oxygen atoms in total. The van der Waals surface area contributed by atoms with Crippen molar-refractivity contribution < 1.29 is 50.1 Å². The second-order valence-electron chi connectivity index (χ2n) is 2.50. The minimum atomic E-state index is 0. The minimum Gasteiger partial charge on any atom is -1.00 e. The summed E-state index contributed by atoms with van der Waals surface area (Å²) in [5, 5.41) is 0. The van der Waals surface area contributed by atoms with E-state index in [1.807, 2.05) is 0 Å². The van der Waals surface area contributed by atoms with Crippen molar-refractivity contribution >= 4 is 0 Å². The SMILES string of the molecule is CC1=C(C)C(C)=C1C.[C-]#[O+].[C-]#[O+].[Co].[I-]. The number of rotatable bonds is 0. The van der Waals surface area contributed by atoms with Crippen molar-refractivity contribution in [2.24, 2.45) is 0 Å². The maximum atomic E-state index is 7.50. The summed E-state index contributed by atoms with van der Waals surface area (Å²) in [5.41, 5.74) is 5.95. The predicted molar refractivity (Wildman–Crippen MR) is 44.6 cm³/mol. The van der Waals surface area contributed by atoms with Crippen LogP contribution in [0.5, 0.6) is 0 Å². The van der Waals surface area contributed by atoms with Gasteiger partial charge in [-0.25, -0.2) is 0 Å². The van der Waals surface area contributed by atoms with Gasteiger partial charge in [0.15, 0.2) is 0 Å². The average molecular weight is 350 g/mol. The fraction of sp³-hybridized carbons (Fsp3) is 0.400. The van der Waals surface area contributed by atoms with Gasteiger partial charge in [-0.15, -0.1) is 0 Å². The Morgan fingerprint density at radius 2 is 0.714 bits per heavy atom. The van der Waals surface area contributed by atoms with Gasteiger partial charge in [0.2, 0.25) is 0 Å². The Morgan fingerprint density at radius 3 is 0.786 bits per heavy atom. The summed E-state index contributed by atoms with van der Waals surface area (Å²) in [5.74, 6) is 0. The third-order valence-electron chi connectivity index (χ3n) is 2.25. The Bertz CT molecular complexity index is 203. The van der Waals surface area contributed by atoms with Crippen molar-refractivity contribution in [3.63, 3.8) is 0 Å². The molecule has 0 aromatic carbocycles. The van der Waals surface area contributed by atoms with Gasteiger partial charge in [-0.3, -0.25) is 0 Å². The van der Waals surface area contributed by atoms with Crippen LogP contribution < -0.4 is 24.0 Å². The quantitative estimate of drug-likeness (QED) is 0.324. The van der Waals surface area contributed by atoms with Gasteiger partial charge in [0.25, 0.3) is 0 Å². The molecule has 1 aliphatic carbocycles. The molecule has 14 heavy (non-hydrogen) atoms. The van der Waals surface area contributed by atoms with E-state index in [0.717, 1.165) is 0 Å². The monoisotopic (exact) mass is 350 g/mol. The van der Waals surface area contributed by atoms with Gasteiger partial charge < -0.3 is 24.0 Å². The van der Waals surface area contributed by atoms with Crippen LogP contribution in [-0.2, 0) is 26.1 Å². The van der Waals surface area contributed by atoms with Crippen LogP contribution in [0.25, 0.3) is 0 Å². The summed E-state index contributed by atoms with van der Waals surface area (Å²) in [6, 6.07) is 0. The first-order valence-electron chi connectivity index (χ1n) is 3.41. The molecule has 0 atom stereocenters. The summed E-state index contributed by atoms with van der Waals surface area (Å²) >= 11 is 0. The van der Waals surface area contributed by atoms with E-state index in [4.69, 9.17) is 9.30 Å². The smallest absolute Gasteiger partial charge is 0 e. The van der Waals surface area contributed by atoms with Crippen LogP contribution in [0.2, 0.25) is 0 Å². The number of halogens is 1. The molecule has 1 rings (SSSR count). The van der Waals surface area contributed by atoms with E-state index in [9.17, 15) is 0 Å². The molecule has 0 heterocycles. The Kier molecular flexibility index (Phi) is 22.4. The van der Waals surface area contributed by atoms with Crippen molar-refractivity contribution in [3.05, 3.63) is 35.6 Å². The molecule has 1 radical (unpaired) electrons. The number of hydrogen-bond acceptors (Lipinski definition) is 0. The zero-order valence-corrected chi connectivity index (χ0v) is 11.7. The van der Waals surface area contributed by atoms with Gasteiger partial charge in [0, 0.05) is 16.8 Å². The molecule has 0 N–H and O–H groups in total. The van der Waals surface area contributed by atoms with E-state index in [0.29, 0.717) is 0 Å². The maximum absolute atomic E-state index is 7.50. The predicted octanol–water partition coefficient (Wildman–Crippen LogP) is -0.401. The third-order valence-corrected chi connectivity index (χ3v) is 2.25. The van der Waals surface area contributed by atoms with Crippen LogP contribution in [0.3, 0.4) is 0 Å². The Balaban J connectivity index is -0.0000000750. The Morgan fingerprint density at radius 1 is 0.643 bits per heavy atom. The van der Waals surface area contributed by atoms with E-state index in [1.54, 1.807) is 0 Å². The maximum Gasteiger partial charge on any atom is 0 e. The zero-order chi connectivity index (χ0) is 10.3. The topological polar surface area (TPSA) is 39.8 Å². The molecule has 0 saturated carbocycles. The second-order valence-corrected chi connectivity index (χ2v) is 2.50. The van der Waals surface area contributed by atoms with Crippen LogP contribution in [0, 0.1) is 13.3 Å².